The van der Waals surface area contributed by atoms with Crippen LogP contribution in [-0.4, -0.2) is 41.5 Å². The Hall–Kier alpha value is -2.84. The number of carbonyl (C=O) groups excluding carboxylic acids is 2. The Morgan fingerprint density at radius 1 is 1.14 bits per heavy atom. The molecule has 0 bridgehead atoms. The van der Waals surface area contributed by atoms with E-state index in [1.165, 1.54) is 17.0 Å². The van der Waals surface area contributed by atoms with Crippen LogP contribution in [0.4, 0.5) is 13.2 Å². The molecule has 1 amide bonds. The molecule has 0 aliphatic rings. The van der Waals surface area contributed by atoms with Crippen molar-refractivity contribution in [3.8, 4) is 11.5 Å². The predicted octanol–water partition coefficient (Wildman–Crippen LogP) is 4.17. The van der Waals surface area contributed by atoms with Gasteiger partial charge < -0.3 is 14.1 Å². The van der Waals surface area contributed by atoms with Crippen molar-refractivity contribution in [3.63, 3.8) is 0 Å². The molecule has 0 aliphatic heterocycles. The monoisotopic (exact) mass is 398 g/mol. The molecule has 0 aliphatic carbocycles. The maximum atomic E-state index is 12.6. The van der Waals surface area contributed by atoms with Gasteiger partial charge >= 0.3 is 12.1 Å². The van der Waals surface area contributed by atoms with Gasteiger partial charge in [-0.1, -0.05) is 6.92 Å². The third-order valence-corrected chi connectivity index (χ3v) is 3.85. The normalized spacial score (nSPS) is 11.3. The lowest BCUT2D eigenvalue weighted by atomic mass is 10.1. The summed E-state index contributed by atoms with van der Waals surface area (Å²) in [5, 5.41) is 0. The number of hydrogen-bond acceptors (Lipinski definition) is 5. The second kappa shape index (κ2) is 9.38. The molecule has 0 atom stereocenters. The molecule has 2 rings (SSSR count). The van der Waals surface area contributed by atoms with Gasteiger partial charge in [0.1, 0.15) is 6.26 Å². The highest BCUT2D eigenvalue weighted by atomic mass is 19.4. The van der Waals surface area contributed by atoms with Gasteiger partial charge in [-0.3, -0.25) is 9.59 Å². The second-order valence-electron chi connectivity index (χ2n) is 5.96. The number of rotatable bonds is 8. The third-order valence-electron chi connectivity index (χ3n) is 3.85. The smallest absolute Gasteiger partial charge is 0.416 e. The fourth-order valence-electron chi connectivity index (χ4n) is 2.51. The number of aromatic nitrogens is 1. The Morgan fingerprint density at radius 2 is 1.82 bits per heavy atom. The molecule has 2 aromatic rings. The first-order valence-electron chi connectivity index (χ1n) is 8.84. The van der Waals surface area contributed by atoms with Gasteiger partial charge in [-0.25, -0.2) is 4.98 Å². The number of oxazole rings is 1. The van der Waals surface area contributed by atoms with Crippen molar-refractivity contribution < 1.29 is 31.9 Å². The van der Waals surface area contributed by atoms with Crippen molar-refractivity contribution in [2.75, 3.05) is 19.7 Å². The standard InChI is InChI=1S/C19H21F3N2O4/c1-3-10-24(11-9-16(25)27-4-2)18(26)15-12-28-17(23-15)13-5-7-14(8-6-13)19(20,21)22/h5-8,12H,3-4,9-11H2,1-2H3. The van der Waals surface area contributed by atoms with E-state index in [1.54, 1.807) is 6.92 Å². The second-order valence-corrected chi connectivity index (χ2v) is 5.96. The molecule has 0 saturated heterocycles. The summed E-state index contributed by atoms with van der Waals surface area (Å²) in [4.78, 5) is 29.7. The lowest BCUT2D eigenvalue weighted by Crippen LogP contribution is -2.34. The van der Waals surface area contributed by atoms with Crippen LogP contribution in [0, 0.1) is 0 Å². The number of benzene rings is 1. The van der Waals surface area contributed by atoms with Crippen LogP contribution in [0.3, 0.4) is 0 Å². The lowest BCUT2D eigenvalue weighted by molar-refractivity contribution is -0.143. The molecule has 1 heterocycles. The topological polar surface area (TPSA) is 72.6 Å². The van der Waals surface area contributed by atoms with Crippen molar-refractivity contribution in [2.45, 2.75) is 32.9 Å². The van der Waals surface area contributed by atoms with Crippen LogP contribution < -0.4 is 0 Å². The van der Waals surface area contributed by atoms with Gasteiger partial charge in [-0.05, 0) is 37.6 Å². The van der Waals surface area contributed by atoms with Crippen LogP contribution >= 0.6 is 0 Å². The SMILES string of the molecule is CCCN(CCC(=O)OCC)C(=O)c1coc(-c2ccc(C(F)(F)F)cc2)n1. The van der Waals surface area contributed by atoms with E-state index in [9.17, 15) is 22.8 Å². The summed E-state index contributed by atoms with van der Waals surface area (Å²) in [6.45, 7) is 4.45. The predicted molar refractivity (Wildman–Crippen MR) is 94.4 cm³/mol. The summed E-state index contributed by atoms with van der Waals surface area (Å²) in [5.74, 6) is -0.783. The maximum absolute atomic E-state index is 12.6. The van der Waals surface area contributed by atoms with Gasteiger partial charge in [0, 0.05) is 18.7 Å². The average molecular weight is 398 g/mol. The minimum absolute atomic E-state index is 0.0206. The van der Waals surface area contributed by atoms with E-state index in [0.717, 1.165) is 18.4 Å². The molecular formula is C19H21F3N2O4. The van der Waals surface area contributed by atoms with Crippen molar-refractivity contribution in [1.29, 1.82) is 0 Å². The van der Waals surface area contributed by atoms with Crippen LogP contribution in [0.2, 0.25) is 0 Å². The summed E-state index contributed by atoms with van der Waals surface area (Å²) in [6, 6.07) is 4.30. The lowest BCUT2D eigenvalue weighted by Gasteiger charge is -2.20. The van der Waals surface area contributed by atoms with Crippen LogP contribution in [0.5, 0.6) is 0 Å². The first-order chi connectivity index (χ1) is 13.3. The van der Waals surface area contributed by atoms with Crippen molar-refractivity contribution >= 4 is 11.9 Å². The Bertz CT molecular complexity index is 800. The van der Waals surface area contributed by atoms with Crippen LogP contribution in [0.25, 0.3) is 11.5 Å². The molecule has 152 valence electrons. The molecule has 1 aromatic carbocycles. The summed E-state index contributed by atoms with van der Waals surface area (Å²) >= 11 is 0. The maximum Gasteiger partial charge on any atom is 0.416 e. The van der Waals surface area contributed by atoms with Gasteiger partial charge in [0.15, 0.2) is 5.69 Å². The Labute approximate surface area is 160 Å². The van der Waals surface area contributed by atoms with Crippen molar-refractivity contribution in [3.05, 3.63) is 41.8 Å². The molecule has 0 radical (unpaired) electrons. The summed E-state index contributed by atoms with van der Waals surface area (Å²) < 4.78 is 48.1. The zero-order valence-corrected chi connectivity index (χ0v) is 15.6. The number of amides is 1. The first-order valence-corrected chi connectivity index (χ1v) is 8.84. The fraction of sp³-hybridized carbons (Fsp3) is 0.421. The molecule has 0 saturated carbocycles. The Balaban J connectivity index is 2.11. The van der Waals surface area contributed by atoms with E-state index < -0.39 is 23.6 Å². The molecule has 0 spiro atoms. The van der Waals surface area contributed by atoms with Gasteiger partial charge in [-0.15, -0.1) is 0 Å². The zero-order chi connectivity index (χ0) is 20.7. The van der Waals surface area contributed by atoms with E-state index in [2.05, 4.69) is 4.98 Å². The number of nitrogens with zero attached hydrogens (tertiary/aromatic N) is 2. The molecule has 0 N–H and O–H groups in total. The average Bonchev–Trinajstić information content (AvgIpc) is 3.14. The van der Waals surface area contributed by atoms with Crippen molar-refractivity contribution in [2.24, 2.45) is 0 Å². The number of carbonyl (C=O) groups is 2. The zero-order valence-electron chi connectivity index (χ0n) is 15.6. The number of alkyl halides is 3. The highest BCUT2D eigenvalue weighted by molar-refractivity contribution is 5.92. The van der Waals surface area contributed by atoms with E-state index in [4.69, 9.17) is 9.15 Å². The minimum atomic E-state index is -4.43. The summed E-state index contributed by atoms with van der Waals surface area (Å²) in [6.07, 6.45) is -2.54. The number of ether oxygens (including phenoxy) is 1. The molecular weight excluding hydrogens is 377 g/mol. The van der Waals surface area contributed by atoms with Crippen LogP contribution in [-0.2, 0) is 15.7 Å². The number of esters is 1. The van der Waals surface area contributed by atoms with Gasteiger partial charge in [0.2, 0.25) is 5.89 Å². The van der Waals surface area contributed by atoms with E-state index in [1.807, 2.05) is 6.92 Å². The molecule has 0 fully saturated rings. The van der Waals surface area contributed by atoms with Crippen LogP contribution in [0.1, 0.15) is 42.7 Å². The Morgan fingerprint density at radius 3 is 2.39 bits per heavy atom. The molecule has 28 heavy (non-hydrogen) atoms. The van der Waals surface area contributed by atoms with Gasteiger partial charge in [0.05, 0.1) is 18.6 Å². The highest BCUT2D eigenvalue weighted by Gasteiger charge is 2.30. The minimum Gasteiger partial charge on any atom is -0.466 e. The highest BCUT2D eigenvalue weighted by Crippen LogP contribution is 2.30. The number of halogens is 3. The summed E-state index contributed by atoms with van der Waals surface area (Å²) in [7, 11) is 0. The van der Waals surface area contributed by atoms with Crippen molar-refractivity contribution in [1.82, 2.24) is 9.88 Å². The number of hydrogen-bond donors (Lipinski definition) is 0. The van der Waals surface area contributed by atoms with Gasteiger partial charge in [0.25, 0.3) is 5.91 Å². The molecule has 0 unspecified atom stereocenters. The molecule has 1 aromatic heterocycles. The third kappa shape index (κ3) is 5.58. The molecule has 9 heteroatoms. The van der Waals surface area contributed by atoms with Crippen LogP contribution in [0.15, 0.2) is 34.9 Å². The van der Waals surface area contributed by atoms with E-state index in [-0.39, 0.29) is 31.2 Å². The quantitative estimate of drug-likeness (QED) is 0.624. The van der Waals surface area contributed by atoms with E-state index in [0.29, 0.717) is 18.5 Å². The summed E-state index contributed by atoms with van der Waals surface area (Å²) in [5.41, 5.74) is -0.444. The van der Waals surface area contributed by atoms with Gasteiger partial charge in [-0.2, -0.15) is 13.2 Å². The largest absolute Gasteiger partial charge is 0.466 e. The van der Waals surface area contributed by atoms with E-state index >= 15 is 0 Å². The fourth-order valence-corrected chi connectivity index (χ4v) is 2.51. The first kappa shape index (κ1) is 21.5. The molecule has 6 nitrogen and oxygen atoms in total. The Kier molecular flexibility index (Phi) is 7.19.